The van der Waals surface area contributed by atoms with Crippen molar-refractivity contribution in [2.75, 3.05) is 6.54 Å². The standard InChI is InChI=1S/C22H22FNO/c23-22-9-5-4-8-19(22)14-20(15-24)18-10-12-21(13-11-18)25-16-17-6-2-1-3-7-17/h1-13,20H,14-16,24H2. The minimum Gasteiger partial charge on any atom is -0.489 e. The van der Waals surface area contributed by atoms with Gasteiger partial charge in [-0.15, -0.1) is 0 Å². The SMILES string of the molecule is NCC(Cc1ccccc1F)c1ccc(OCc2ccccc2)cc1. The molecule has 0 aliphatic rings. The fraction of sp³-hybridized carbons (Fsp3) is 0.182. The van der Waals surface area contributed by atoms with Crippen LogP contribution in [0.1, 0.15) is 22.6 Å². The fourth-order valence-corrected chi connectivity index (χ4v) is 2.84. The number of hydrogen-bond acceptors (Lipinski definition) is 2. The lowest BCUT2D eigenvalue weighted by Crippen LogP contribution is -2.15. The Bertz CT molecular complexity index is 787. The Kier molecular flexibility index (Phi) is 5.81. The van der Waals surface area contributed by atoms with Crippen LogP contribution in [0.4, 0.5) is 4.39 Å². The zero-order valence-electron chi connectivity index (χ0n) is 14.1. The maximum Gasteiger partial charge on any atom is 0.126 e. The van der Waals surface area contributed by atoms with E-state index in [4.69, 9.17) is 10.5 Å². The van der Waals surface area contributed by atoms with Crippen LogP contribution in [0, 0.1) is 5.82 Å². The molecule has 2 N–H and O–H groups in total. The van der Waals surface area contributed by atoms with Crippen LogP contribution in [-0.2, 0) is 13.0 Å². The van der Waals surface area contributed by atoms with Gasteiger partial charge >= 0.3 is 0 Å². The van der Waals surface area contributed by atoms with E-state index < -0.39 is 0 Å². The molecule has 3 heteroatoms. The van der Waals surface area contributed by atoms with Gasteiger partial charge in [-0.2, -0.15) is 0 Å². The summed E-state index contributed by atoms with van der Waals surface area (Å²) in [7, 11) is 0. The van der Waals surface area contributed by atoms with Gasteiger partial charge in [-0.3, -0.25) is 0 Å². The molecule has 0 aliphatic carbocycles. The molecule has 0 heterocycles. The summed E-state index contributed by atoms with van der Waals surface area (Å²) < 4.78 is 19.7. The first kappa shape index (κ1) is 17.2. The summed E-state index contributed by atoms with van der Waals surface area (Å²) in [6.07, 6.45) is 0.591. The van der Waals surface area contributed by atoms with Gasteiger partial charge in [0.1, 0.15) is 18.2 Å². The van der Waals surface area contributed by atoms with Crippen LogP contribution in [-0.4, -0.2) is 6.54 Å². The second-order valence-corrected chi connectivity index (χ2v) is 6.07. The maximum absolute atomic E-state index is 13.9. The minimum absolute atomic E-state index is 0.0834. The second kappa shape index (κ2) is 8.45. The fourth-order valence-electron chi connectivity index (χ4n) is 2.84. The zero-order chi connectivity index (χ0) is 17.5. The Morgan fingerprint density at radius 3 is 2.20 bits per heavy atom. The third kappa shape index (κ3) is 4.68. The lowest BCUT2D eigenvalue weighted by atomic mass is 9.92. The lowest BCUT2D eigenvalue weighted by molar-refractivity contribution is 0.306. The van der Waals surface area contributed by atoms with E-state index in [-0.39, 0.29) is 11.7 Å². The van der Waals surface area contributed by atoms with Gasteiger partial charge in [-0.25, -0.2) is 4.39 Å². The number of ether oxygens (including phenoxy) is 1. The van der Waals surface area contributed by atoms with Gasteiger partial charge in [-0.05, 0) is 47.9 Å². The van der Waals surface area contributed by atoms with Crippen LogP contribution in [0.25, 0.3) is 0 Å². The highest BCUT2D eigenvalue weighted by molar-refractivity contribution is 5.32. The van der Waals surface area contributed by atoms with Crippen LogP contribution in [0.5, 0.6) is 5.75 Å². The van der Waals surface area contributed by atoms with Crippen LogP contribution < -0.4 is 10.5 Å². The average molecular weight is 335 g/mol. The Balaban J connectivity index is 1.64. The van der Waals surface area contributed by atoms with Crippen molar-refractivity contribution in [2.24, 2.45) is 5.73 Å². The molecular weight excluding hydrogens is 313 g/mol. The van der Waals surface area contributed by atoms with Crippen LogP contribution in [0.2, 0.25) is 0 Å². The van der Waals surface area contributed by atoms with E-state index in [2.05, 4.69) is 0 Å². The molecule has 0 fully saturated rings. The maximum atomic E-state index is 13.9. The number of halogens is 1. The minimum atomic E-state index is -0.177. The molecule has 0 aromatic heterocycles. The summed E-state index contributed by atoms with van der Waals surface area (Å²) in [5.74, 6) is 0.720. The summed E-state index contributed by atoms with van der Waals surface area (Å²) in [4.78, 5) is 0. The molecule has 3 aromatic rings. The van der Waals surface area contributed by atoms with Gasteiger partial charge in [0.25, 0.3) is 0 Å². The van der Waals surface area contributed by atoms with Crippen LogP contribution >= 0.6 is 0 Å². The van der Waals surface area contributed by atoms with E-state index in [9.17, 15) is 4.39 Å². The highest BCUT2D eigenvalue weighted by atomic mass is 19.1. The normalized spacial score (nSPS) is 11.9. The molecule has 128 valence electrons. The Morgan fingerprint density at radius 1 is 0.840 bits per heavy atom. The smallest absolute Gasteiger partial charge is 0.126 e. The van der Waals surface area contributed by atoms with Crippen LogP contribution in [0.3, 0.4) is 0 Å². The number of hydrogen-bond donors (Lipinski definition) is 1. The van der Waals surface area contributed by atoms with E-state index in [1.165, 1.54) is 6.07 Å². The zero-order valence-corrected chi connectivity index (χ0v) is 14.1. The first-order valence-corrected chi connectivity index (χ1v) is 8.46. The van der Waals surface area contributed by atoms with Crippen molar-refractivity contribution in [1.29, 1.82) is 0 Å². The van der Waals surface area contributed by atoms with Crippen molar-refractivity contribution >= 4 is 0 Å². The Labute approximate surface area is 148 Å². The highest BCUT2D eigenvalue weighted by Crippen LogP contribution is 2.24. The van der Waals surface area contributed by atoms with Gasteiger partial charge < -0.3 is 10.5 Å². The Morgan fingerprint density at radius 2 is 1.52 bits per heavy atom. The van der Waals surface area contributed by atoms with Crippen molar-refractivity contribution in [2.45, 2.75) is 18.9 Å². The van der Waals surface area contributed by atoms with E-state index in [1.807, 2.05) is 66.7 Å². The van der Waals surface area contributed by atoms with Gasteiger partial charge in [0.05, 0.1) is 0 Å². The van der Waals surface area contributed by atoms with E-state index in [1.54, 1.807) is 6.07 Å². The van der Waals surface area contributed by atoms with Gasteiger partial charge in [0.2, 0.25) is 0 Å². The third-order valence-electron chi connectivity index (χ3n) is 4.31. The quantitative estimate of drug-likeness (QED) is 0.680. The molecule has 3 aromatic carbocycles. The summed E-state index contributed by atoms with van der Waals surface area (Å²) >= 11 is 0. The molecule has 0 saturated heterocycles. The summed E-state index contributed by atoms with van der Waals surface area (Å²) in [5, 5.41) is 0. The second-order valence-electron chi connectivity index (χ2n) is 6.07. The molecule has 1 unspecified atom stereocenters. The predicted molar refractivity (Wildman–Crippen MR) is 99.1 cm³/mol. The first-order valence-electron chi connectivity index (χ1n) is 8.46. The topological polar surface area (TPSA) is 35.2 Å². The molecule has 2 nitrogen and oxygen atoms in total. The summed E-state index contributed by atoms with van der Waals surface area (Å²) in [5.41, 5.74) is 8.84. The van der Waals surface area contributed by atoms with Crippen LogP contribution in [0.15, 0.2) is 78.9 Å². The molecule has 25 heavy (non-hydrogen) atoms. The lowest BCUT2D eigenvalue weighted by Gasteiger charge is -2.16. The summed E-state index contributed by atoms with van der Waals surface area (Å²) in [6.45, 7) is 1.01. The Hall–Kier alpha value is -2.65. The molecule has 0 spiro atoms. The third-order valence-corrected chi connectivity index (χ3v) is 4.31. The molecule has 0 saturated carbocycles. The number of rotatable bonds is 7. The van der Waals surface area contributed by atoms with Crippen molar-refractivity contribution in [3.63, 3.8) is 0 Å². The van der Waals surface area contributed by atoms with E-state index in [0.29, 0.717) is 25.1 Å². The van der Waals surface area contributed by atoms with E-state index in [0.717, 1.165) is 16.9 Å². The van der Waals surface area contributed by atoms with Crippen molar-refractivity contribution in [3.8, 4) is 5.75 Å². The van der Waals surface area contributed by atoms with Crippen molar-refractivity contribution in [3.05, 3.63) is 101 Å². The molecule has 0 radical (unpaired) electrons. The number of nitrogens with two attached hydrogens (primary N) is 1. The van der Waals surface area contributed by atoms with Crippen molar-refractivity contribution < 1.29 is 9.13 Å². The van der Waals surface area contributed by atoms with Gasteiger partial charge in [0, 0.05) is 5.92 Å². The average Bonchev–Trinajstić information content (AvgIpc) is 2.67. The predicted octanol–water partition coefficient (Wildman–Crippen LogP) is 4.69. The molecular formula is C22H22FNO. The highest BCUT2D eigenvalue weighted by Gasteiger charge is 2.13. The molecule has 0 aliphatic heterocycles. The first-order chi connectivity index (χ1) is 12.3. The van der Waals surface area contributed by atoms with E-state index >= 15 is 0 Å². The molecule has 0 amide bonds. The van der Waals surface area contributed by atoms with Gasteiger partial charge in [-0.1, -0.05) is 60.7 Å². The summed E-state index contributed by atoms with van der Waals surface area (Å²) in [6, 6.07) is 24.8. The molecule has 3 rings (SSSR count). The van der Waals surface area contributed by atoms with Gasteiger partial charge in [0.15, 0.2) is 0 Å². The monoisotopic (exact) mass is 335 g/mol. The largest absolute Gasteiger partial charge is 0.489 e. The molecule has 1 atom stereocenters. The number of benzene rings is 3. The van der Waals surface area contributed by atoms with Crippen molar-refractivity contribution in [1.82, 2.24) is 0 Å². The molecule has 0 bridgehead atoms.